The lowest BCUT2D eigenvalue weighted by molar-refractivity contribution is -0.174. The first kappa shape index (κ1) is 12.8. The van der Waals surface area contributed by atoms with Crippen LogP contribution in [0.4, 0.5) is 13.2 Å². The summed E-state index contributed by atoms with van der Waals surface area (Å²) >= 11 is 0. The number of hydrogen-bond donors (Lipinski definition) is 1. The van der Waals surface area contributed by atoms with Crippen molar-refractivity contribution in [3.63, 3.8) is 0 Å². The summed E-state index contributed by atoms with van der Waals surface area (Å²) in [6, 6.07) is 0.901. The van der Waals surface area contributed by atoms with Crippen LogP contribution in [-0.4, -0.2) is 22.1 Å². The molecule has 1 fully saturated rings. The third kappa shape index (κ3) is 2.96. The maximum Gasteiger partial charge on any atom is 0.471 e. The van der Waals surface area contributed by atoms with Gasteiger partial charge in [-0.2, -0.15) is 13.2 Å². The molecule has 2 rings (SSSR count). The topological polar surface area (TPSA) is 54.9 Å². The molecular weight excluding hydrogens is 247 g/mol. The van der Waals surface area contributed by atoms with Crippen LogP contribution in [0.2, 0.25) is 0 Å². The minimum Gasteiger partial charge on any atom is -0.338 e. The summed E-state index contributed by atoms with van der Waals surface area (Å²) in [6.45, 7) is 1.72. The number of nitrogens with one attached hydrogen (secondary N) is 1. The highest BCUT2D eigenvalue weighted by Gasteiger charge is 2.43. The highest BCUT2D eigenvalue weighted by atomic mass is 19.4. The summed E-state index contributed by atoms with van der Waals surface area (Å²) in [7, 11) is 0. The number of alkyl halides is 3. The molecule has 1 aliphatic carbocycles. The van der Waals surface area contributed by atoms with Crippen LogP contribution in [-0.2, 0) is 4.79 Å². The van der Waals surface area contributed by atoms with E-state index < -0.39 is 18.1 Å². The van der Waals surface area contributed by atoms with Crippen LogP contribution in [0.1, 0.15) is 30.4 Å². The SMILES string of the molecule is Cc1ccnc(C(NC(=O)C(F)(F)F)C2CC2)n1. The van der Waals surface area contributed by atoms with Crippen molar-refractivity contribution in [1.29, 1.82) is 0 Å². The van der Waals surface area contributed by atoms with Crippen LogP contribution in [0, 0.1) is 12.8 Å². The van der Waals surface area contributed by atoms with Gasteiger partial charge in [-0.1, -0.05) is 0 Å². The Morgan fingerprint density at radius 3 is 2.67 bits per heavy atom. The fourth-order valence-electron chi connectivity index (χ4n) is 1.66. The van der Waals surface area contributed by atoms with Crippen LogP contribution >= 0.6 is 0 Å². The van der Waals surface area contributed by atoms with Gasteiger partial charge >= 0.3 is 12.1 Å². The predicted octanol–water partition coefficient (Wildman–Crippen LogP) is 1.91. The number of carbonyl (C=O) groups excluding carboxylic acids is 1. The van der Waals surface area contributed by atoms with Gasteiger partial charge in [-0.25, -0.2) is 9.97 Å². The fourth-order valence-corrected chi connectivity index (χ4v) is 1.66. The molecule has 1 aromatic heterocycles. The van der Waals surface area contributed by atoms with Gasteiger partial charge in [-0.15, -0.1) is 0 Å². The van der Waals surface area contributed by atoms with Crippen LogP contribution in [0.15, 0.2) is 12.3 Å². The summed E-state index contributed by atoms with van der Waals surface area (Å²) in [6.07, 6.45) is -1.84. The van der Waals surface area contributed by atoms with Crippen molar-refractivity contribution < 1.29 is 18.0 Å². The summed E-state index contributed by atoms with van der Waals surface area (Å²) in [5, 5.41) is 1.97. The Bertz CT molecular complexity index is 457. The zero-order valence-electron chi connectivity index (χ0n) is 9.66. The van der Waals surface area contributed by atoms with Crippen molar-refractivity contribution >= 4 is 5.91 Å². The lowest BCUT2D eigenvalue weighted by Gasteiger charge is -2.18. The van der Waals surface area contributed by atoms with E-state index in [2.05, 4.69) is 9.97 Å². The van der Waals surface area contributed by atoms with Crippen molar-refractivity contribution in [2.75, 3.05) is 0 Å². The van der Waals surface area contributed by atoms with E-state index in [1.54, 1.807) is 13.0 Å². The van der Waals surface area contributed by atoms with E-state index in [4.69, 9.17) is 0 Å². The Kier molecular flexibility index (Phi) is 3.23. The zero-order valence-corrected chi connectivity index (χ0v) is 9.66. The van der Waals surface area contributed by atoms with E-state index in [1.807, 2.05) is 5.32 Å². The van der Waals surface area contributed by atoms with Crippen LogP contribution < -0.4 is 5.32 Å². The van der Waals surface area contributed by atoms with Gasteiger partial charge in [0.1, 0.15) is 0 Å². The monoisotopic (exact) mass is 259 g/mol. The first-order valence-electron chi connectivity index (χ1n) is 5.55. The van der Waals surface area contributed by atoms with Gasteiger partial charge in [-0.3, -0.25) is 4.79 Å². The second-order valence-corrected chi connectivity index (χ2v) is 4.34. The molecule has 0 bridgehead atoms. The Morgan fingerprint density at radius 2 is 2.17 bits per heavy atom. The number of amides is 1. The number of aryl methyl sites for hydroxylation is 1. The fraction of sp³-hybridized carbons (Fsp3) is 0.545. The third-order valence-corrected chi connectivity index (χ3v) is 2.73. The van der Waals surface area contributed by atoms with Crippen molar-refractivity contribution in [1.82, 2.24) is 15.3 Å². The van der Waals surface area contributed by atoms with Crippen molar-refractivity contribution in [3.8, 4) is 0 Å². The van der Waals surface area contributed by atoms with Gasteiger partial charge in [-0.05, 0) is 31.7 Å². The molecule has 0 spiro atoms. The predicted molar refractivity (Wildman–Crippen MR) is 56.4 cm³/mol. The Morgan fingerprint density at radius 1 is 1.50 bits per heavy atom. The molecule has 18 heavy (non-hydrogen) atoms. The molecule has 1 aromatic rings. The summed E-state index contributed by atoms with van der Waals surface area (Å²) in [4.78, 5) is 19.0. The molecule has 1 atom stereocenters. The summed E-state index contributed by atoms with van der Waals surface area (Å²) < 4.78 is 36.7. The smallest absolute Gasteiger partial charge is 0.338 e. The lowest BCUT2D eigenvalue weighted by Crippen LogP contribution is -2.40. The molecule has 1 aliphatic rings. The van der Waals surface area contributed by atoms with Crippen molar-refractivity contribution in [2.45, 2.75) is 32.0 Å². The van der Waals surface area contributed by atoms with Crippen LogP contribution in [0.3, 0.4) is 0 Å². The molecule has 0 aromatic carbocycles. The highest BCUT2D eigenvalue weighted by Crippen LogP contribution is 2.40. The second-order valence-electron chi connectivity index (χ2n) is 4.34. The minimum absolute atomic E-state index is 0.00176. The standard InChI is InChI=1S/C11H12F3N3O/c1-6-4-5-15-9(16-6)8(7-2-3-7)17-10(18)11(12,13)14/h4-5,7-8H,2-3H2,1H3,(H,17,18). The molecule has 4 nitrogen and oxygen atoms in total. The third-order valence-electron chi connectivity index (χ3n) is 2.73. The average molecular weight is 259 g/mol. The Balaban J connectivity index is 2.17. The summed E-state index contributed by atoms with van der Waals surface area (Å²) in [5.41, 5.74) is 0.659. The summed E-state index contributed by atoms with van der Waals surface area (Å²) in [5.74, 6) is -1.70. The van der Waals surface area contributed by atoms with Gasteiger partial charge in [0.2, 0.25) is 0 Å². The first-order valence-corrected chi connectivity index (χ1v) is 5.55. The number of halogens is 3. The molecule has 0 radical (unpaired) electrons. The molecule has 1 N–H and O–H groups in total. The van der Waals surface area contributed by atoms with Gasteiger partial charge < -0.3 is 5.32 Å². The molecule has 1 unspecified atom stereocenters. The van der Waals surface area contributed by atoms with E-state index in [9.17, 15) is 18.0 Å². The second kappa shape index (κ2) is 4.55. The molecular formula is C11H12F3N3O. The number of rotatable bonds is 3. The van der Waals surface area contributed by atoms with Gasteiger partial charge in [0.15, 0.2) is 5.82 Å². The van der Waals surface area contributed by atoms with Gasteiger partial charge in [0, 0.05) is 11.9 Å². The molecule has 1 heterocycles. The highest BCUT2D eigenvalue weighted by molar-refractivity contribution is 5.82. The molecule has 1 saturated carbocycles. The number of nitrogens with zero attached hydrogens (tertiary/aromatic N) is 2. The molecule has 1 amide bonds. The van der Waals surface area contributed by atoms with Gasteiger partial charge in [0.05, 0.1) is 6.04 Å². The number of hydrogen-bond acceptors (Lipinski definition) is 3. The Hall–Kier alpha value is -1.66. The van der Waals surface area contributed by atoms with Crippen molar-refractivity contribution in [3.05, 3.63) is 23.8 Å². The largest absolute Gasteiger partial charge is 0.471 e. The quantitative estimate of drug-likeness (QED) is 0.902. The van der Waals surface area contributed by atoms with E-state index in [-0.39, 0.29) is 11.7 Å². The molecule has 98 valence electrons. The van der Waals surface area contributed by atoms with Crippen LogP contribution in [0.25, 0.3) is 0 Å². The van der Waals surface area contributed by atoms with Gasteiger partial charge in [0.25, 0.3) is 0 Å². The van der Waals surface area contributed by atoms with E-state index >= 15 is 0 Å². The zero-order chi connectivity index (χ0) is 13.3. The van der Waals surface area contributed by atoms with Crippen LogP contribution in [0.5, 0.6) is 0 Å². The van der Waals surface area contributed by atoms with E-state index in [1.165, 1.54) is 6.20 Å². The first-order chi connectivity index (χ1) is 8.38. The Labute approximate surface area is 102 Å². The lowest BCUT2D eigenvalue weighted by atomic mass is 10.1. The van der Waals surface area contributed by atoms with Crippen molar-refractivity contribution in [2.24, 2.45) is 5.92 Å². The molecule has 0 aliphatic heterocycles. The normalized spacial score (nSPS) is 17.3. The average Bonchev–Trinajstić information content (AvgIpc) is 3.08. The molecule has 0 saturated heterocycles. The maximum atomic E-state index is 12.2. The maximum absolute atomic E-state index is 12.2. The molecule has 7 heteroatoms. The number of carbonyl (C=O) groups is 1. The number of aromatic nitrogens is 2. The van der Waals surface area contributed by atoms with E-state index in [0.717, 1.165) is 12.8 Å². The minimum atomic E-state index is -4.88. The van der Waals surface area contributed by atoms with E-state index in [0.29, 0.717) is 5.69 Å².